The van der Waals surface area contributed by atoms with Gasteiger partial charge in [0.15, 0.2) is 5.82 Å². The van der Waals surface area contributed by atoms with Gasteiger partial charge in [0.1, 0.15) is 0 Å². The molecule has 0 bridgehead atoms. The SMILES string of the molecule is c1ccc(-c2ccc(-c3cc(-c4cccc(-c5ccccc5)c4)nc(-c4cccc5c4-c4ccccc4C54c5ccccc5-c5ccccc5-c5ccccc54)n3)cc2)cc1. The first-order chi connectivity index (χ1) is 30.3. The third-order valence-electron chi connectivity index (χ3n) is 12.8. The number of aromatic nitrogens is 2. The first-order valence-corrected chi connectivity index (χ1v) is 21.0. The van der Waals surface area contributed by atoms with Gasteiger partial charge >= 0.3 is 0 Å². The minimum Gasteiger partial charge on any atom is -0.228 e. The lowest BCUT2D eigenvalue weighted by Crippen LogP contribution is -2.29. The van der Waals surface area contributed by atoms with Crippen molar-refractivity contribution in [1.82, 2.24) is 9.97 Å². The monoisotopic (exact) mass is 774 g/mol. The summed E-state index contributed by atoms with van der Waals surface area (Å²) in [5.41, 5.74) is 21.4. The molecule has 0 saturated heterocycles. The van der Waals surface area contributed by atoms with Crippen molar-refractivity contribution in [1.29, 1.82) is 0 Å². The highest BCUT2D eigenvalue weighted by Crippen LogP contribution is 2.62. The molecule has 0 N–H and O–H groups in total. The Balaban J connectivity index is 1.12. The standard InChI is InChI=1S/C59H38N2/c1-3-17-39(18-4-1)41-33-35-42(36-34-41)55-38-56(44-22-15-21-43(37-44)40-19-5-2-6-20-40)61-58(60-55)50-28-16-32-54-57(50)49-27-11-14-31-53(49)59(54)51-29-12-9-25-47(51)45-23-7-8-24-46(45)48-26-10-13-30-52(48)59/h1-38H. The van der Waals surface area contributed by atoms with Gasteiger partial charge in [0.05, 0.1) is 16.8 Å². The van der Waals surface area contributed by atoms with Crippen LogP contribution in [0.25, 0.3) is 89.5 Å². The molecule has 0 aliphatic heterocycles. The van der Waals surface area contributed by atoms with Crippen molar-refractivity contribution in [3.8, 4) is 89.5 Å². The van der Waals surface area contributed by atoms with Crippen LogP contribution in [0, 0.1) is 0 Å². The van der Waals surface area contributed by atoms with Gasteiger partial charge in [-0.15, -0.1) is 0 Å². The lowest BCUT2D eigenvalue weighted by molar-refractivity contribution is 0.775. The van der Waals surface area contributed by atoms with E-state index in [1.54, 1.807) is 0 Å². The molecule has 12 rings (SSSR count). The van der Waals surface area contributed by atoms with E-state index in [2.05, 4.69) is 231 Å². The molecule has 1 aromatic heterocycles. The van der Waals surface area contributed by atoms with Crippen molar-refractivity contribution >= 4 is 0 Å². The zero-order valence-corrected chi connectivity index (χ0v) is 33.3. The van der Waals surface area contributed by atoms with Crippen LogP contribution in [0.2, 0.25) is 0 Å². The Kier molecular flexibility index (Phi) is 8.11. The Morgan fingerprint density at radius 2 is 0.639 bits per heavy atom. The Bertz CT molecular complexity index is 3230. The summed E-state index contributed by atoms with van der Waals surface area (Å²) in [6.45, 7) is 0. The first kappa shape index (κ1) is 35.0. The number of rotatable bonds is 5. The molecule has 284 valence electrons. The van der Waals surface area contributed by atoms with E-state index in [9.17, 15) is 0 Å². The largest absolute Gasteiger partial charge is 0.228 e. The molecule has 1 spiro atoms. The zero-order valence-electron chi connectivity index (χ0n) is 33.3. The van der Waals surface area contributed by atoms with Crippen molar-refractivity contribution in [3.05, 3.63) is 253 Å². The van der Waals surface area contributed by atoms with Gasteiger partial charge < -0.3 is 0 Å². The maximum atomic E-state index is 5.51. The molecule has 10 aromatic rings. The molecular weight excluding hydrogens is 737 g/mol. The Labute approximate surface area is 356 Å². The molecule has 2 nitrogen and oxygen atoms in total. The Morgan fingerprint density at radius 3 is 1.26 bits per heavy atom. The zero-order chi connectivity index (χ0) is 40.3. The summed E-state index contributed by atoms with van der Waals surface area (Å²) in [7, 11) is 0. The molecule has 0 radical (unpaired) electrons. The van der Waals surface area contributed by atoms with Gasteiger partial charge in [-0.25, -0.2) is 9.97 Å². The predicted octanol–water partition coefficient (Wildman–Crippen LogP) is 14.8. The van der Waals surface area contributed by atoms with Gasteiger partial charge in [-0.3, -0.25) is 0 Å². The van der Waals surface area contributed by atoms with E-state index < -0.39 is 5.41 Å². The third-order valence-corrected chi connectivity index (χ3v) is 12.8. The summed E-state index contributed by atoms with van der Waals surface area (Å²) in [6.07, 6.45) is 0. The molecule has 0 saturated carbocycles. The molecule has 0 amide bonds. The molecule has 2 aliphatic rings. The van der Waals surface area contributed by atoms with E-state index in [0.29, 0.717) is 5.82 Å². The molecule has 0 unspecified atom stereocenters. The van der Waals surface area contributed by atoms with E-state index in [0.717, 1.165) is 33.6 Å². The minimum absolute atomic E-state index is 0.591. The van der Waals surface area contributed by atoms with E-state index in [-0.39, 0.29) is 0 Å². The summed E-state index contributed by atoms with van der Waals surface area (Å²) in [6, 6.07) is 83.5. The van der Waals surface area contributed by atoms with Crippen molar-refractivity contribution < 1.29 is 0 Å². The van der Waals surface area contributed by atoms with Crippen LogP contribution in [0.1, 0.15) is 22.3 Å². The summed E-state index contributed by atoms with van der Waals surface area (Å²) in [4.78, 5) is 11.0. The normalized spacial score (nSPS) is 12.7. The van der Waals surface area contributed by atoms with Crippen LogP contribution in [0.3, 0.4) is 0 Å². The average molecular weight is 775 g/mol. The van der Waals surface area contributed by atoms with Gasteiger partial charge in [0.25, 0.3) is 0 Å². The maximum absolute atomic E-state index is 5.51. The fraction of sp³-hybridized carbons (Fsp3) is 0.0169. The summed E-state index contributed by atoms with van der Waals surface area (Å²) < 4.78 is 0. The Hall–Kier alpha value is -7.94. The Morgan fingerprint density at radius 1 is 0.246 bits per heavy atom. The molecule has 9 aromatic carbocycles. The van der Waals surface area contributed by atoms with E-state index in [1.807, 2.05) is 0 Å². The fourth-order valence-electron chi connectivity index (χ4n) is 10.1. The predicted molar refractivity (Wildman–Crippen MR) is 251 cm³/mol. The molecule has 2 aliphatic carbocycles. The van der Waals surface area contributed by atoms with E-state index in [1.165, 1.54) is 72.3 Å². The second-order valence-electron chi connectivity index (χ2n) is 16.0. The maximum Gasteiger partial charge on any atom is 0.161 e. The molecular formula is C59H38N2. The van der Waals surface area contributed by atoms with Crippen LogP contribution in [-0.2, 0) is 5.41 Å². The molecule has 0 fully saturated rings. The van der Waals surface area contributed by atoms with Gasteiger partial charge in [-0.05, 0) is 90.0 Å². The average Bonchev–Trinajstić information content (AvgIpc) is 3.59. The molecule has 2 heteroatoms. The van der Waals surface area contributed by atoms with Gasteiger partial charge in [0, 0.05) is 16.7 Å². The minimum atomic E-state index is -0.591. The topological polar surface area (TPSA) is 25.8 Å². The smallest absolute Gasteiger partial charge is 0.161 e. The van der Waals surface area contributed by atoms with E-state index >= 15 is 0 Å². The number of benzene rings is 9. The van der Waals surface area contributed by atoms with Crippen molar-refractivity contribution in [2.45, 2.75) is 5.41 Å². The van der Waals surface area contributed by atoms with Crippen LogP contribution in [0.15, 0.2) is 231 Å². The van der Waals surface area contributed by atoms with Crippen molar-refractivity contribution in [2.75, 3.05) is 0 Å². The number of nitrogens with zero attached hydrogens (tertiary/aromatic N) is 2. The second kappa shape index (κ2) is 14.1. The summed E-state index contributed by atoms with van der Waals surface area (Å²) >= 11 is 0. The van der Waals surface area contributed by atoms with Gasteiger partial charge in [-0.1, -0.05) is 218 Å². The number of fused-ring (bicyclic) bond motifs is 12. The van der Waals surface area contributed by atoms with Crippen molar-refractivity contribution in [3.63, 3.8) is 0 Å². The van der Waals surface area contributed by atoms with Crippen LogP contribution in [-0.4, -0.2) is 9.97 Å². The molecule has 1 heterocycles. The quantitative estimate of drug-likeness (QED) is 0.174. The lowest BCUT2D eigenvalue weighted by atomic mass is 9.66. The van der Waals surface area contributed by atoms with Crippen LogP contribution >= 0.6 is 0 Å². The highest BCUT2D eigenvalue weighted by Gasteiger charge is 2.50. The summed E-state index contributed by atoms with van der Waals surface area (Å²) in [5.74, 6) is 0.701. The van der Waals surface area contributed by atoms with Crippen molar-refractivity contribution in [2.24, 2.45) is 0 Å². The first-order valence-electron chi connectivity index (χ1n) is 21.0. The fourth-order valence-corrected chi connectivity index (χ4v) is 10.1. The number of hydrogen-bond donors (Lipinski definition) is 0. The van der Waals surface area contributed by atoms with Crippen LogP contribution in [0.4, 0.5) is 0 Å². The highest BCUT2D eigenvalue weighted by molar-refractivity contribution is 6.00. The third kappa shape index (κ3) is 5.50. The molecule has 0 atom stereocenters. The molecule has 61 heavy (non-hydrogen) atoms. The van der Waals surface area contributed by atoms with Crippen LogP contribution < -0.4 is 0 Å². The van der Waals surface area contributed by atoms with Crippen LogP contribution in [0.5, 0.6) is 0 Å². The summed E-state index contributed by atoms with van der Waals surface area (Å²) in [5, 5.41) is 0. The number of hydrogen-bond acceptors (Lipinski definition) is 2. The highest BCUT2D eigenvalue weighted by atomic mass is 14.9. The van der Waals surface area contributed by atoms with Gasteiger partial charge in [-0.2, -0.15) is 0 Å². The second-order valence-corrected chi connectivity index (χ2v) is 16.0. The van der Waals surface area contributed by atoms with E-state index in [4.69, 9.17) is 9.97 Å². The lowest BCUT2D eigenvalue weighted by Gasteiger charge is -2.35. The van der Waals surface area contributed by atoms with Gasteiger partial charge in [0.2, 0.25) is 0 Å².